The molecule has 0 amide bonds. The molecule has 2 heterocycles. The molecule has 0 aliphatic carbocycles. The zero-order valence-electron chi connectivity index (χ0n) is 14.6. The van der Waals surface area contributed by atoms with E-state index in [1.807, 2.05) is 44.6 Å². The minimum absolute atomic E-state index is 0.682. The summed E-state index contributed by atoms with van der Waals surface area (Å²) in [4.78, 5) is 6.45. The number of ether oxygens (including phenoxy) is 1. The molecular weight excluding hydrogens is 300 g/mol. The molecule has 0 saturated carbocycles. The molecule has 0 spiro atoms. The summed E-state index contributed by atoms with van der Waals surface area (Å²) in [5.74, 6) is 1.72. The number of fused-ring (bicyclic) bond motifs is 1. The van der Waals surface area contributed by atoms with Gasteiger partial charge in [0.25, 0.3) is 0 Å². The number of rotatable bonds is 7. The van der Waals surface area contributed by atoms with Crippen molar-refractivity contribution < 1.29 is 9.15 Å². The van der Waals surface area contributed by atoms with Gasteiger partial charge < -0.3 is 14.1 Å². The number of benzene rings is 1. The van der Waals surface area contributed by atoms with Crippen LogP contribution >= 0.6 is 0 Å². The van der Waals surface area contributed by atoms with E-state index in [1.54, 1.807) is 0 Å². The number of likely N-dealkylation sites (N-methyl/N-ethyl adjacent to an activating group) is 1. The topological polar surface area (TPSA) is 38.5 Å². The highest BCUT2D eigenvalue weighted by atomic mass is 16.5. The molecule has 24 heavy (non-hydrogen) atoms. The number of furan rings is 1. The van der Waals surface area contributed by atoms with Crippen molar-refractivity contribution in [2.45, 2.75) is 19.8 Å². The van der Waals surface area contributed by atoms with Gasteiger partial charge in [-0.1, -0.05) is 13.3 Å². The molecule has 0 N–H and O–H groups in total. The third kappa shape index (κ3) is 3.77. The molecule has 2 aromatic heterocycles. The first kappa shape index (κ1) is 16.5. The molecular formula is C20H24N2O2. The van der Waals surface area contributed by atoms with Crippen LogP contribution < -0.4 is 4.74 Å². The number of nitrogens with zero attached hydrogens (tertiary/aromatic N) is 2. The first-order chi connectivity index (χ1) is 11.7. The van der Waals surface area contributed by atoms with E-state index < -0.39 is 0 Å². The van der Waals surface area contributed by atoms with E-state index in [1.165, 1.54) is 5.56 Å². The summed E-state index contributed by atoms with van der Waals surface area (Å²) in [6, 6.07) is 12.2. The fourth-order valence-electron chi connectivity index (χ4n) is 2.68. The second kappa shape index (κ2) is 7.49. The van der Waals surface area contributed by atoms with E-state index in [0.29, 0.717) is 12.3 Å². The maximum Gasteiger partial charge on any atom is 0.226 e. The molecule has 3 aromatic rings. The Labute approximate surface area is 143 Å². The maximum absolute atomic E-state index is 5.93. The number of pyridine rings is 1. The molecule has 0 atom stereocenters. The van der Waals surface area contributed by atoms with E-state index in [4.69, 9.17) is 9.15 Å². The molecule has 0 aliphatic heterocycles. The summed E-state index contributed by atoms with van der Waals surface area (Å²) in [6.07, 6.45) is 3.97. The Bertz CT molecular complexity index is 791. The molecule has 0 bridgehead atoms. The van der Waals surface area contributed by atoms with Crippen LogP contribution in [0.25, 0.3) is 22.4 Å². The van der Waals surface area contributed by atoms with E-state index in [-0.39, 0.29) is 0 Å². The van der Waals surface area contributed by atoms with E-state index in [2.05, 4.69) is 28.9 Å². The lowest BCUT2D eigenvalue weighted by Crippen LogP contribution is -2.19. The summed E-state index contributed by atoms with van der Waals surface area (Å²) in [5.41, 5.74) is 3.04. The zero-order valence-corrected chi connectivity index (χ0v) is 14.6. The van der Waals surface area contributed by atoms with Crippen molar-refractivity contribution in [2.24, 2.45) is 0 Å². The molecule has 0 saturated heterocycles. The van der Waals surface area contributed by atoms with Gasteiger partial charge in [0, 0.05) is 23.7 Å². The lowest BCUT2D eigenvalue weighted by molar-refractivity contribution is 0.261. The lowest BCUT2D eigenvalue weighted by Gasteiger charge is -2.11. The van der Waals surface area contributed by atoms with E-state index in [0.717, 1.165) is 41.8 Å². The third-order valence-corrected chi connectivity index (χ3v) is 3.99. The Balaban J connectivity index is 1.79. The second-order valence-corrected chi connectivity index (χ2v) is 6.23. The lowest BCUT2D eigenvalue weighted by atomic mass is 10.1. The normalized spacial score (nSPS) is 11.3. The number of hydrogen-bond acceptors (Lipinski definition) is 4. The molecule has 0 radical (unpaired) electrons. The monoisotopic (exact) mass is 324 g/mol. The van der Waals surface area contributed by atoms with Gasteiger partial charge in [0.15, 0.2) is 0 Å². The van der Waals surface area contributed by atoms with Gasteiger partial charge in [-0.25, -0.2) is 4.98 Å². The van der Waals surface area contributed by atoms with Crippen molar-refractivity contribution in [1.29, 1.82) is 0 Å². The van der Waals surface area contributed by atoms with Gasteiger partial charge >= 0.3 is 0 Å². The number of aromatic nitrogens is 1. The molecule has 4 heteroatoms. The molecule has 0 aliphatic rings. The molecule has 4 nitrogen and oxygen atoms in total. The minimum atomic E-state index is 0.682. The first-order valence-electron chi connectivity index (χ1n) is 8.42. The molecule has 0 unspecified atom stereocenters. The molecule has 0 fully saturated rings. The van der Waals surface area contributed by atoms with Crippen LogP contribution in [0.2, 0.25) is 0 Å². The average Bonchev–Trinajstić information content (AvgIpc) is 3.01. The Hall–Kier alpha value is -2.33. The number of aryl methyl sites for hydroxylation is 1. The van der Waals surface area contributed by atoms with Crippen molar-refractivity contribution in [3.05, 3.63) is 48.2 Å². The van der Waals surface area contributed by atoms with Gasteiger partial charge in [-0.05, 0) is 62.5 Å². The quantitative estimate of drug-likeness (QED) is 0.646. The molecule has 126 valence electrons. The Morgan fingerprint density at radius 2 is 1.92 bits per heavy atom. The van der Waals surface area contributed by atoms with Gasteiger partial charge in [-0.2, -0.15) is 0 Å². The van der Waals surface area contributed by atoms with Crippen LogP contribution in [0, 0.1) is 0 Å². The second-order valence-electron chi connectivity index (χ2n) is 6.23. The molecule has 1 aromatic carbocycles. The SMILES string of the molecule is CCCc1ccnc2oc(-c3ccc(OCCN(C)C)cc3)cc12. The van der Waals surface area contributed by atoms with Gasteiger partial charge in [-0.3, -0.25) is 0 Å². The highest BCUT2D eigenvalue weighted by Gasteiger charge is 2.10. The summed E-state index contributed by atoms with van der Waals surface area (Å²) >= 11 is 0. The van der Waals surface area contributed by atoms with Crippen LogP contribution in [-0.2, 0) is 6.42 Å². The maximum atomic E-state index is 5.93. The Morgan fingerprint density at radius 1 is 1.12 bits per heavy atom. The summed E-state index contributed by atoms with van der Waals surface area (Å²) in [7, 11) is 4.07. The average molecular weight is 324 g/mol. The van der Waals surface area contributed by atoms with Crippen molar-refractivity contribution in [3.63, 3.8) is 0 Å². The van der Waals surface area contributed by atoms with Crippen LogP contribution in [-0.4, -0.2) is 37.1 Å². The molecule has 3 rings (SSSR count). The number of hydrogen-bond donors (Lipinski definition) is 0. The largest absolute Gasteiger partial charge is 0.492 e. The highest BCUT2D eigenvalue weighted by molar-refractivity contribution is 5.83. The van der Waals surface area contributed by atoms with Crippen LogP contribution in [0.5, 0.6) is 5.75 Å². The van der Waals surface area contributed by atoms with Gasteiger partial charge in [0.2, 0.25) is 5.71 Å². The predicted molar refractivity (Wildman–Crippen MR) is 97.5 cm³/mol. The Morgan fingerprint density at radius 3 is 2.62 bits per heavy atom. The highest BCUT2D eigenvalue weighted by Crippen LogP contribution is 2.30. The van der Waals surface area contributed by atoms with Crippen molar-refractivity contribution in [3.8, 4) is 17.1 Å². The first-order valence-corrected chi connectivity index (χ1v) is 8.42. The van der Waals surface area contributed by atoms with Crippen LogP contribution in [0.3, 0.4) is 0 Å². The van der Waals surface area contributed by atoms with Crippen LogP contribution in [0.4, 0.5) is 0 Å². The minimum Gasteiger partial charge on any atom is -0.492 e. The standard InChI is InChI=1S/C20H24N2O2/c1-4-5-15-10-11-21-20-18(15)14-19(24-20)16-6-8-17(9-7-16)23-13-12-22(2)3/h6-11,14H,4-5,12-13H2,1-3H3. The predicted octanol–water partition coefficient (Wildman–Crippen LogP) is 4.39. The van der Waals surface area contributed by atoms with Gasteiger partial charge in [-0.15, -0.1) is 0 Å². The van der Waals surface area contributed by atoms with E-state index >= 15 is 0 Å². The van der Waals surface area contributed by atoms with Crippen molar-refractivity contribution in [1.82, 2.24) is 9.88 Å². The van der Waals surface area contributed by atoms with Crippen LogP contribution in [0.1, 0.15) is 18.9 Å². The zero-order chi connectivity index (χ0) is 16.9. The van der Waals surface area contributed by atoms with E-state index in [9.17, 15) is 0 Å². The van der Waals surface area contributed by atoms with Gasteiger partial charge in [0.05, 0.1) is 0 Å². The fraction of sp³-hybridized carbons (Fsp3) is 0.350. The van der Waals surface area contributed by atoms with Crippen LogP contribution in [0.15, 0.2) is 47.0 Å². The smallest absolute Gasteiger partial charge is 0.226 e. The third-order valence-electron chi connectivity index (χ3n) is 3.99. The summed E-state index contributed by atoms with van der Waals surface area (Å²) in [6.45, 7) is 3.76. The van der Waals surface area contributed by atoms with Crippen molar-refractivity contribution >= 4 is 11.1 Å². The summed E-state index contributed by atoms with van der Waals surface area (Å²) < 4.78 is 11.7. The van der Waals surface area contributed by atoms with Gasteiger partial charge in [0.1, 0.15) is 18.1 Å². The fourth-order valence-corrected chi connectivity index (χ4v) is 2.68. The Kier molecular flexibility index (Phi) is 5.16. The summed E-state index contributed by atoms with van der Waals surface area (Å²) in [5, 5.41) is 1.11. The van der Waals surface area contributed by atoms with Crippen molar-refractivity contribution in [2.75, 3.05) is 27.2 Å².